The fourth-order valence-electron chi connectivity index (χ4n) is 1.31. The van der Waals surface area contributed by atoms with E-state index in [-0.39, 0.29) is 25.0 Å². The van der Waals surface area contributed by atoms with E-state index >= 15 is 0 Å². The molecule has 1 aromatic carbocycles. The van der Waals surface area contributed by atoms with Crippen molar-refractivity contribution in [2.75, 3.05) is 25.4 Å². The minimum Gasteiger partial charge on any atom is -0.484 e. The third-order valence-corrected chi connectivity index (χ3v) is 2.25. The van der Waals surface area contributed by atoms with E-state index in [1.54, 1.807) is 24.3 Å². The van der Waals surface area contributed by atoms with Crippen molar-refractivity contribution in [1.29, 1.82) is 0 Å². The number of hydrogen-bond donors (Lipinski definition) is 3. The lowest BCUT2D eigenvalue weighted by atomic mass is 10.3. The van der Waals surface area contributed by atoms with Crippen molar-refractivity contribution in [3.05, 3.63) is 24.3 Å². The zero-order valence-electron chi connectivity index (χ0n) is 10.9. The molecule has 0 saturated carbocycles. The Morgan fingerprint density at radius 1 is 1.26 bits per heavy atom. The molecule has 0 aromatic heterocycles. The molecule has 6 heteroatoms. The molecule has 1 rings (SSSR count). The number of carbonyl (C=O) groups excluding carboxylic acids is 2. The molecule has 6 nitrogen and oxygen atoms in total. The summed E-state index contributed by atoms with van der Waals surface area (Å²) < 4.78 is 5.24. The van der Waals surface area contributed by atoms with Gasteiger partial charge >= 0.3 is 0 Å². The van der Waals surface area contributed by atoms with E-state index < -0.39 is 0 Å². The zero-order chi connectivity index (χ0) is 14.1. The molecule has 0 aliphatic carbocycles. The first-order valence-corrected chi connectivity index (χ1v) is 6.13. The summed E-state index contributed by atoms with van der Waals surface area (Å²) in [5.74, 6) is -0.0428. The summed E-state index contributed by atoms with van der Waals surface area (Å²) >= 11 is 0. The Balaban J connectivity index is 2.23. The number of nitrogen functional groups attached to an aromatic ring is 1. The van der Waals surface area contributed by atoms with Crippen LogP contribution in [0.25, 0.3) is 0 Å². The summed E-state index contributed by atoms with van der Waals surface area (Å²) in [6.45, 7) is 2.37. The Morgan fingerprint density at radius 3 is 2.74 bits per heavy atom. The Bertz CT molecular complexity index is 435. The normalized spacial score (nSPS) is 9.74. The van der Waals surface area contributed by atoms with Crippen LogP contribution in [-0.2, 0) is 9.59 Å². The highest BCUT2D eigenvalue weighted by Crippen LogP contribution is 2.13. The number of nitrogens with two attached hydrogens (primary N) is 1. The predicted octanol–water partition coefficient (Wildman–Crippen LogP) is 0.290. The van der Waals surface area contributed by atoms with Crippen LogP contribution in [0.15, 0.2) is 24.3 Å². The molecule has 0 atom stereocenters. The first kappa shape index (κ1) is 14.8. The molecule has 0 fully saturated rings. The minimum absolute atomic E-state index is 0.0425. The van der Waals surface area contributed by atoms with Crippen LogP contribution in [0.4, 0.5) is 5.69 Å². The Hall–Kier alpha value is -2.24. The monoisotopic (exact) mass is 265 g/mol. The highest BCUT2D eigenvalue weighted by atomic mass is 16.5. The second kappa shape index (κ2) is 7.97. The van der Waals surface area contributed by atoms with Gasteiger partial charge < -0.3 is 21.1 Å². The topological polar surface area (TPSA) is 93.5 Å². The number of nitrogens with one attached hydrogen (secondary N) is 2. The first-order chi connectivity index (χ1) is 9.11. The molecule has 0 bridgehead atoms. The number of benzene rings is 1. The van der Waals surface area contributed by atoms with Crippen LogP contribution in [0.2, 0.25) is 0 Å². The molecule has 1 aromatic rings. The van der Waals surface area contributed by atoms with E-state index in [1.165, 1.54) is 0 Å². The third-order valence-electron chi connectivity index (χ3n) is 2.25. The maximum absolute atomic E-state index is 11.4. The highest BCUT2D eigenvalue weighted by Gasteiger charge is 2.05. The van der Waals surface area contributed by atoms with Gasteiger partial charge in [-0.25, -0.2) is 0 Å². The SMILES string of the molecule is CCCNC(=O)CNC(=O)COc1cccc(N)c1. The summed E-state index contributed by atoms with van der Waals surface area (Å²) in [5.41, 5.74) is 6.14. The zero-order valence-corrected chi connectivity index (χ0v) is 10.9. The maximum Gasteiger partial charge on any atom is 0.258 e. The lowest BCUT2D eigenvalue weighted by molar-refractivity contribution is -0.127. The van der Waals surface area contributed by atoms with Crippen molar-refractivity contribution in [1.82, 2.24) is 10.6 Å². The van der Waals surface area contributed by atoms with Gasteiger partial charge in [-0.15, -0.1) is 0 Å². The summed E-state index contributed by atoms with van der Waals surface area (Å²) in [6.07, 6.45) is 0.859. The molecule has 0 radical (unpaired) electrons. The number of carbonyl (C=O) groups is 2. The van der Waals surface area contributed by atoms with Gasteiger partial charge in [0.1, 0.15) is 5.75 Å². The molecule has 0 spiro atoms. The first-order valence-electron chi connectivity index (χ1n) is 6.13. The molecular weight excluding hydrogens is 246 g/mol. The van der Waals surface area contributed by atoms with E-state index in [1.807, 2.05) is 6.92 Å². The number of ether oxygens (including phenoxy) is 1. The van der Waals surface area contributed by atoms with E-state index in [0.717, 1.165) is 6.42 Å². The number of amides is 2. The predicted molar refractivity (Wildman–Crippen MR) is 72.7 cm³/mol. The van der Waals surface area contributed by atoms with Gasteiger partial charge in [0.25, 0.3) is 5.91 Å². The van der Waals surface area contributed by atoms with Crippen molar-refractivity contribution in [2.24, 2.45) is 0 Å². The van der Waals surface area contributed by atoms with Crippen molar-refractivity contribution < 1.29 is 14.3 Å². The number of hydrogen-bond acceptors (Lipinski definition) is 4. The standard InChI is InChI=1S/C13H19N3O3/c1-2-6-15-12(17)8-16-13(18)9-19-11-5-3-4-10(14)7-11/h3-5,7H,2,6,8-9,14H2,1H3,(H,15,17)(H,16,18). The molecule has 0 saturated heterocycles. The van der Waals surface area contributed by atoms with Gasteiger partial charge in [-0.3, -0.25) is 9.59 Å². The molecular formula is C13H19N3O3. The summed E-state index contributed by atoms with van der Waals surface area (Å²) in [7, 11) is 0. The second-order valence-electron chi connectivity index (χ2n) is 3.99. The number of rotatable bonds is 7. The molecule has 0 aliphatic heterocycles. The van der Waals surface area contributed by atoms with Gasteiger partial charge in [-0.05, 0) is 18.6 Å². The van der Waals surface area contributed by atoms with Gasteiger partial charge in [0.15, 0.2) is 6.61 Å². The summed E-state index contributed by atoms with van der Waals surface area (Å²) in [5, 5.41) is 5.13. The van der Waals surface area contributed by atoms with Crippen LogP contribution >= 0.6 is 0 Å². The van der Waals surface area contributed by atoms with Crippen molar-refractivity contribution in [3.8, 4) is 5.75 Å². The van der Waals surface area contributed by atoms with Crippen molar-refractivity contribution in [2.45, 2.75) is 13.3 Å². The Kier molecular flexibility index (Phi) is 6.21. The highest BCUT2D eigenvalue weighted by molar-refractivity contribution is 5.85. The second-order valence-corrected chi connectivity index (χ2v) is 3.99. The molecule has 19 heavy (non-hydrogen) atoms. The van der Waals surface area contributed by atoms with Crippen LogP contribution in [0.3, 0.4) is 0 Å². The van der Waals surface area contributed by atoms with Gasteiger partial charge in [-0.2, -0.15) is 0 Å². The third kappa shape index (κ3) is 6.30. The van der Waals surface area contributed by atoms with Crippen LogP contribution in [0, 0.1) is 0 Å². The fraction of sp³-hybridized carbons (Fsp3) is 0.385. The van der Waals surface area contributed by atoms with Gasteiger partial charge in [0.05, 0.1) is 6.54 Å². The maximum atomic E-state index is 11.4. The van der Waals surface area contributed by atoms with Crippen molar-refractivity contribution in [3.63, 3.8) is 0 Å². The van der Waals surface area contributed by atoms with Crippen LogP contribution in [0.5, 0.6) is 5.75 Å². The minimum atomic E-state index is -0.353. The summed E-state index contributed by atoms with van der Waals surface area (Å²) in [4.78, 5) is 22.7. The average molecular weight is 265 g/mol. The van der Waals surface area contributed by atoms with E-state index in [9.17, 15) is 9.59 Å². The smallest absolute Gasteiger partial charge is 0.258 e. The number of anilines is 1. The molecule has 4 N–H and O–H groups in total. The van der Waals surface area contributed by atoms with E-state index in [0.29, 0.717) is 18.0 Å². The molecule has 0 unspecified atom stereocenters. The molecule has 0 heterocycles. The summed E-state index contributed by atoms with van der Waals surface area (Å²) in [6, 6.07) is 6.80. The van der Waals surface area contributed by atoms with E-state index in [4.69, 9.17) is 10.5 Å². The van der Waals surface area contributed by atoms with Gasteiger partial charge in [0.2, 0.25) is 5.91 Å². The van der Waals surface area contributed by atoms with Crippen LogP contribution < -0.4 is 21.1 Å². The average Bonchev–Trinajstić information content (AvgIpc) is 2.40. The Morgan fingerprint density at radius 2 is 2.05 bits per heavy atom. The fourth-order valence-corrected chi connectivity index (χ4v) is 1.31. The van der Waals surface area contributed by atoms with E-state index in [2.05, 4.69) is 10.6 Å². The lowest BCUT2D eigenvalue weighted by Gasteiger charge is -2.08. The lowest BCUT2D eigenvalue weighted by Crippen LogP contribution is -2.39. The molecule has 2 amide bonds. The quantitative estimate of drug-likeness (QED) is 0.618. The van der Waals surface area contributed by atoms with Gasteiger partial charge in [0, 0.05) is 18.3 Å². The Labute approximate surface area is 112 Å². The van der Waals surface area contributed by atoms with Crippen LogP contribution in [-0.4, -0.2) is 31.5 Å². The largest absolute Gasteiger partial charge is 0.484 e. The van der Waals surface area contributed by atoms with Crippen LogP contribution in [0.1, 0.15) is 13.3 Å². The van der Waals surface area contributed by atoms with Crippen molar-refractivity contribution >= 4 is 17.5 Å². The molecule has 0 aliphatic rings. The van der Waals surface area contributed by atoms with Gasteiger partial charge in [-0.1, -0.05) is 13.0 Å². The molecule has 104 valence electrons.